The van der Waals surface area contributed by atoms with E-state index in [1.54, 1.807) is 37.5 Å². The Morgan fingerprint density at radius 3 is 2.52 bits per heavy atom. The quantitative estimate of drug-likeness (QED) is 0.567. The van der Waals surface area contributed by atoms with Crippen LogP contribution in [0.15, 0.2) is 48.5 Å². The molecule has 0 aromatic heterocycles. The number of aryl methyl sites for hydroxylation is 1. The fourth-order valence-electron chi connectivity index (χ4n) is 2.24. The fraction of sp³-hybridized carbons (Fsp3) is 0.200. The van der Waals surface area contributed by atoms with Gasteiger partial charge in [-0.1, -0.05) is 35.9 Å². The molecule has 4 nitrogen and oxygen atoms in total. The molecule has 1 N–H and O–H groups in total. The molecule has 5 heteroatoms. The maximum absolute atomic E-state index is 12.4. The highest BCUT2D eigenvalue weighted by molar-refractivity contribution is 7.99. The van der Waals surface area contributed by atoms with E-state index in [0.717, 1.165) is 11.1 Å². The summed E-state index contributed by atoms with van der Waals surface area (Å²) in [5.74, 6) is 0.161. The van der Waals surface area contributed by atoms with E-state index in [1.807, 2.05) is 31.2 Å². The third-order valence-electron chi connectivity index (χ3n) is 3.55. The van der Waals surface area contributed by atoms with E-state index >= 15 is 0 Å². The van der Waals surface area contributed by atoms with Crippen molar-refractivity contribution in [3.05, 3.63) is 70.8 Å². The Bertz CT molecular complexity index is 779. The number of hydrogen-bond acceptors (Lipinski definition) is 4. The van der Waals surface area contributed by atoms with Gasteiger partial charge in [-0.25, -0.2) is 0 Å². The van der Waals surface area contributed by atoms with E-state index in [9.17, 15) is 9.59 Å². The largest absolute Gasteiger partial charge is 0.496 e. The highest BCUT2D eigenvalue weighted by Crippen LogP contribution is 2.25. The van der Waals surface area contributed by atoms with Gasteiger partial charge in [-0.05, 0) is 36.8 Å². The Labute approximate surface area is 151 Å². The zero-order valence-corrected chi connectivity index (χ0v) is 15.0. The van der Waals surface area contributed by atoms with Crippen molar-refractivity contribution in [2.45, 2.75) is 12.7 Å². The fourth-order valence-corrected chi connectivity index (χ4v) is 2.96. The first-order valence-electron chi connectivity index (χ1n) is 7.75. The van der Waals surface area contributed by atoms with Gasteiger partial charge in [-0.15, -0.1) is 11.8 Å². The lowest BCUT2D eigenvalue weighted by Gasteiger charge is -2.09. The van der Waals surface area contributed by atoms with Gasteiger partial charge in [0.15, 0.2) is 5.78 Å². The molecular weight excluding hydrogens is 336 g/mol. The van der Waals surface area contributed by atoms with Crippen LogP contribution in [0.3, 0.4) is 0 Å². The van der Waals surface area contributed by atoms with Gasteiger partial charge < -0.3 is 9.84 Å². The van der Waals surface area contributed by atoms with Crippen LogP contribution in [0.2, 0.25) is 0 Å². The van der Waals surface area contributed by atoms with Crippen LogP contribution in [-0.4, -0.2) is 29.7 Å². The van der Waals surface area contributed by atoms with Crippen LogP contribution in [0.4, 0.5) is 0 Å². The molecule has 0 saturated carbocycles. The van der Waals surface area contributed by atoms with Gasteiger partial charge in [0.2, 0.25) is 0 Å². The Hall–Kier alpha value is -2.53. The molecule has 0 aliphatic carbocycles. The molecule has 0 aliphatic heterocycles. The molecule has 130 valence electrons. The second-order valence-corrected chi connectivity index (χ2v) is 6.51. The first-order valence-corrected chi connectivity index (χ1v) is 8.90. The van der Waals surface area contributed by atoms with E-state index in [2.05, 4.69) is 0 Å². The van der Waals surface area contributed by atoms with Crippen molar-refractivity contribution < 1.29 is 19.4 Å². The number of methoxy groups -OCH3 is 1. The molecule has 0 aliphatic rings. The van der Waals surface area contributed by atoms with Crippen molar-refractivity contribution >= 4 is 29.6 Å². The van der Waals surface area contributed by atoms with Crippen molar-refractivity contribution in [1.29, 1.82) is 0 Å². The number of carbonyl (C=O) groups is 2. The number of benzene rings is 2. The van der Waals surface area contributed by atoms with E-state index in [0.29, 0.717) is 17.1 Å². The van der Waals surface area contributed by atoms with Crippen LogP contribution < -0.4 is 4.74 Å². The van der Waals surface area contributed by atoms with Crippen molar-refractivity contribution in [3.8, 4) is 5.75 Å². The third kappa shape index (κ3) is 5.80. The number of rotatable bonds is 8. The molecular formula is C20H20O4S. The van der Waals surface area contributed by atoms with Gasteiger partial charge in [0.1, 0.15) is 5.75 Å². The topological polar surface area (TPSA) is 63.6 Å². The minimum absolute atomic E-state index is 0.00859. The summed E-state index contributed by atoms with van der Waals surface area (Å²) in [5, 5.41) is 8.74. The van der Waals surface area contributed by atoms with E-state index in [4.69, 9.17) is 9.84 Å². The summed E-state index contributed by atoms with van der Waals surface area (Å²) in [7, 11) is 1.56. The van der Waals surface area contributed by atoms with Crippen LogP contribution in [0.1, 0.15) is 27.0 Å². The van der Waals surface area contributed by atoms with Crippen molar-refractivity contribution in [2.24, 2.45) is 0 Å². The molecule has 0 fully saturated rings. The second kappa shape index (κ2) is 9.08. The van der Waals surface area contributed by atoms with Crippen molar-refractivity contribution in [3.63, 3.8) is 0 Å². The summed E-state index contributed by atoms with van der Waals surface area (Å²) in [6.45, 7) is 2.01. The van der Waals surface area contributed by atoms with Crippen LogP contribution in [-0.2, 0) is 10.5 Å². The van der Waals surface area contributed by atoms with Crippen LogP contribution in [0.25, 0.3) is 6.08 Å². The standard InChI is InChI=1S/C20H20O4S/c1-14-3-5-15(6-4-14)7-9-18(21)16-8-10-19(24-2)17(11-16)12-25-13-20(22)23/h3-11H,12-13H2,1-2H3,(H,22,23)/b9-7+. The van der Waals surface area contributed by atoms with E-state index in [1.165, 1.54) is 17.3 Å². The Kier molecular flexibility index (Phi) is 6.83. The number of carbonyl (C=O) groups excluding carboxylic acids is 1. The number of aliphatic carboxylic acids is 1. The monoisotopic (exact) mass is 356 g/mol. The Morgan fingerprint density at radius 1 is 1.16 bits per heavy atom. The SMILES string of the molecule is COc1ccc(C(=O)/C=C/c2ccc(C)cc2)cc1CSCC(=O)O. The average molecular weight is 356 g/mol. The van der Waals surface area contributed by atoms with Gasteiger partial charge in [0, 0.05) is 16.9 Å². The van der Waals surface area contributed by atoms with Gasteiger partial charge in [-0.3, -0.25) is 9.59 Å². The highest BCUT2D eigenvalue weighted by atomic mass is 32.2. The maximum Gasteiger partial charge on any atom is 0.313 e. The normalized spacial score (nSPS) is 10.8. The van der Waals surface area contributed by atoms with Crippen LogP contribution in [0.5, 0.6) is 5.75 Å². The molecule has 2 rings (SSSR count). The molecule has 0 spiro atoms. The first kappa shape index (κ1) is 18.8. The molecule has 25 heavy (non-hydrogen) atoms. The number of allylic oxidation sites excluding steroid dienone is 1. The second-order valence-electron chi connectivity index (χ2n) is 5.52. The number of carboxylic acids is 1. The Morgan fingerprint density at radius 2 is 1.88 bits per heavy atom. The summed E-state index contributed by atoms with van der Waals surface area (Å²) in [6, 6.07) is 13.1. The van der Waals surface area contributed by atoms with E-state index < -0.39 is 5.97 Å². The molecule has 2 aromatic carbocycles. The zero-order valence-electron chi connectivity index (χ0n) is 14.2. The predicted octanol–water partition coefficient (Wildman–Crippen LogP) is 4.22. The maximum atomic E-state index is 12.4. The zero-order chi connectivity index (χ0) is 18.2. The smallest absolute Gasteiger partial charge is 0.313 e. The average Bonchev–Trinajstić information content (AvgIpc) is 2.60. The van der Waals surface area contributed by atoms with Crippen molar-refractivity contribution in [2.75, 3.05) is 12.9 Å². The minimum Gasteiger partial charge on any atom is -0.496 e. The number of hydrogen-bond donors (Lipinski definition) is 1. The van der Waals surface area contributed by atoms with Crippen LogP contribution >= 0.6 is 11.8 Å². The molecule has 0 atom stereocenters. The molecule has 0 bridgehead atoms. The summed E-state index contributed by atoms with van der Waals surface area (Å²) >= 11 is 1.27. The molecule has 0 radical (unpaired) electrons. The number of ether oxygens (including phenoxy) is 1. The lowest BCUT2D eigenvalue weighted by Crippen LogP contribution is -2.01. The van der Waals surface area contributed by atoms with Crippen LogP contribution in [0, 0.1) is 6.92 Å². The minimum atomic E-state index is -0.864. The van der Waals surface area contributed by atoms with Gasteiger partial charge in [-0.2, -0.15) is 0 Å². The number of ketones is 1. The van der Waals surface area contributed by atoms with Crippen molar-refractivity contribution in [1.82, 2.24) is 0 Å². The highest BCUT2D eigenvalue weighted by Gasteiger charge is 2.09. The van der Waals surface area contributed by atoms with Gasteiger partial charge >= 0.3 is 5.97 Å². The third-order valence-corrected chi connectivity index (χ3v) is 4.52. The lowest BCUT2D eigenvalue weighted by atomic mass is 10.1. The molecule has 0 amide bonds. The summed E-state index contributed by atoms with van der Waals surface area (Å²) in [5.41, 5.74) is 3.49. The number of thioether (sulfide) groups is 1. The Balaban J connectivity index is 2.13. The lowest BCUT2D eigenvalue weighted by molar-refractivity contribution is -0.133. The van der Waals surface area contributed by atoms with Gasteiger partial charge in [0.25, 0.3) is 0 Å². The number of carboxylic acid groups (broad SMARTS) is 1. The summed E-state index contributed by atoms with van der Waals surface area (Å²) in [4.78, 5) is 23.0. The van der Waals surface area contributed by atoms with E-state index in [-0.39, 0.29) is 11.5 Å². The molecule has 2 aromatic rings. The first-order chi connectivity index (χ1) is 12.0. The summed E-state index contributed by atoms with van der Waals surface area (Å²) in [6.07, 6.45) is 3.32. The molecule has 0 heterocycles. The molecule has 0 unspecified atom stereocenters. The molecule has 0 saturated heterocycles. The van der Waals surface area contributed by atoms with Gasteiger partial charge in [0.05, 0.1) is 12.9 Å². The summed E-state index contributed by atoms with van der Waals surface area (Å²) < 4.78 is 5.29. The predicted molar refractivity (Wildman–Crippen MR) is 101 cm³/mol.